The summed E-state index contributed by atoms with van der Waals surface area (Å²) >= 11 is 0. The Bertz CT molecular complexity index is 1850. The van der Waals surface area contributed by atoms with Crippen LogP contribution in [0.25, 0.3) is 0 Å². The van der Waals surface area contributed by atoms with Gasteiger partial charge in [0.1, 0.15) is 44.0 Å². The molecular formula is C43H50N2O9. The van der Waals surface area contributed by atoms with Crippen molar-refractivity contribution < 1.29 is 43.2 Å². The molecule has 2 atom stereocenters. The zero-order chi connectivity index (χ0) is 39.4. The van der Waals surface area contributed by atoms with Gasteiger partial charge in [-0.1, -0.05) is 44.7 Å². The Labute approximate surface area is 317 Å². The van der Waals surface area contributed by atoms with E-state index in [1.165, 1.54) is 0 Å². The summed E-state index contributed by atoms with van der Waals surface area (Å²) in [5.41, 5.74) is 4.58. The Morgan fingerprint density at radius 1 is 0.630 bits per heavy atom. The van der Waals surface area contributed by atoms with Crippen molar-refractivity contribution in [3.63, 3.8) is 0 Å². The fourth-order valence-corrected chi connectivity index (χ4v) is 5.20. The molecule has 0 saturated carbocycles. The topological polar surface area (TPSA) is 124 Å². The summed E-state index contributed by atoms with van der Waals surface area (Å²) in [6, 6.07) is 29.2. The molecule has 2 unspecified atom stereocenters. The van der Waals surface area contributed by atoms with Crippen LogP contribution in [-0.4, -0.2) is 89.8 Å². The number of carbonyl (C=O) groups excluding carboxylic acids is 3. The second kappa shape index (κ2) is 18.8. The summed E-state index contributed by atoms with van der Waals surface area (Å²) < 4.78 is 27.9. The quantitative estimate of drug-likeness (QED) is 0.0687. The average molecular weight is 739 g/mol. The molecule has 0 aromatic heterocycles. The number of aliphatic hydroxyl groups is 1. The van der Waals surface area contributed by atoms with E-state index in [9.17, 15) is 19.5 Å². The van der Waals surface area contributed by atoms with Gasteiger partial charge in [-0.05, 0) is 90.8 Å². The van der Waals surface area contributed by atoms with Crippen LogP contribution < -0.4 is 19.3 Å². The van der Waals surface area contributed by atoms with E-state index in [2.05, 4.69) is 20.4 Å². The molecule has 0 radical (unpaired) electrons. The average Bonchev–Trinajstić information content (AvgIpc) is 3.17. The lowest BCUT2D eigenvalue weighted by Gasteiger charge is -2.27. The van der Waals surface area contributed by atoms with E-state index < -0.39 is 30.1 Å². The first-order valence-corrected chi connectivity index (χ1v) is 17.5. The number of hydrogen-bond acceptors (Lipinski definition) is 11. The van der Waals surface area contributed by atoms with Gasteiger partial charge in [0.25, 0.3) is 0 Å². The maximum absolute atomic E-state index is 12.7. The maximum atomic E-state index is 12.7. The summed E-state index contributed by atoms with van der Waals surface area (Å²) in [7, 11) is 7.65. The molecule has 0 fully saturated rings. The number of hydrogen-bond donors (Lipinski definition) is 1. The number of rotatable bonds is 18. The summed E-state index contributed by atoms with van der Waals surface area (Å²) in [5, 5.41) is 10.4. The van der Waals surface area contributed by atoms with Crippen LogP contribution in [0, 0.1) is 0 Å². The lowest BCUT2D eigenvalue weighted by atomic mass is 9.78. The first kappa shape index (κ1) is 41.0. The van der Waals surface area contributed by atoms with Crippen molar-refractivity contribution in [3.05, 3.63) is 131 Å². The third kappa shape index (κ3) is 11.6. The molecule has 0 aliphatic rings. The predicted octanol–water partition coefficient (Wildman–Crippen LogP) is 6.46. The zero-order valence-corrected chi connectivity index (χ0v) is 32.0. The largest absolute Gasteiger partial charge is 0.491 e. The van der Waals surface area contributed by atoms with Gasteiger partial charge in [-0.2, -0.15) is 0 Å². The van der Waals surface area contributed by atoms with E-state index in [4.69, 9.17) is 23.7 Å². The molecular weight excluding hydrogens is 688 g/mol. The minimum atomic E-state index is -0.999. The van der Waals surface area contributed by atoms with Gasteiger partial charge >= 0.3 is 17.9 Å². The van der Waals surface area contributed by atoms with Gasteiger partial charge in [-0.3, -0.25) is 0 Å². The van der Waals surface area contributed by atoms with Crippen LogP contribution in [0.15, 0.2) is 109 Å². The molecule has 0 amide bonds. The van der Waals surface area contributed by atoms with Gasteiger partial charge in [-0.25, -0.2) is 14.4 Å². The van der Waals surface area contributed by atoms with Gasteiger partial charge in [0.15, 0.2) is 6.10 Å². The molecule has 1 N–H and O–H groups in total. The third-order valence-corrected chi connectivity index (χ3v) is 8.70. The fraction of sp³-hybridized carbons (Fsp3) is 0.326. The molecule has 0 saturated heterocycles. The molecule has 0 heterocycles. The highest BCUT2D eigenvalue weighted by atomic mass is 16.6. The highest BCUT2D eigenvalue weighted by Crippen LogP contribution is 2.33. The Morgan fingerprint density at radius 2 is 1.04 bits per heavy atom. The van der Waals surface area contributed by atoms with Crippen LogP contribution in [0.4, 0.5) is 11.4 Å². The Morgan fingerprint density at radius 3 is 1.44 bits per heavy atom. The highest BCUT2D eigenvalue weighted by Gasteiger charge is 2.24. The number of anilines is 2. The molecule has 0 aliphatic carbocycles. The molecule has 0 spiro atoms. The van der Waals surface area contributed by atoms with Crippen molar-refractivity contribution in [1.82, 2.24) is 0 Å². The van der Waals surface area contributed by atoms with Gasteiger partial charge in [0, 0.05) is 50.6 Å². The van der Waals surface area contributed by atoms with Gasteiger partial charge in [0.2, 0.25) is 0 Å². The third-order valence-electron chi connectivity index (χ3n) is 8.70. The molecule has 0 aliphatic heterocycles. The van der Waals surface area contributed by atoms with Crippen LogP contribution >= 0.6 is 0 Å². The highest BCUT2D eigenvalue weighted by molar-refractivity contribution is 5.90. The van der Waals surface area contributed by atoms with Crippen molar-refractivity contribution >= 4 is 29.3 Å². The second-order valence-corrected chi connectivity index (χ2v) is 13.8. The second-order valence-electron chi connectivity index (χ2n) is 13.8. The van der Waals surface area contributed by atoms with Gasteiger partial charge in [0.05, 0.1) is 11.1 Å². The number of benzene rings is 4. The summed E-state index contributed by atoms with van der Waals surface area (Å²) in [6.45, 7) is 8.89. The minimum absolute atomic E-state index is 0.0436. The van der Waals surface area contributed by atoms with Crippen LogP contribution in [0.3, 0.4) is 0 Å². The van der Waals surface area contributed by atoms with Crippen molar-refractivity contribution in [3.8, 4) is 11.5 Å². The van der Waals surface area contributed by atoms with Crippen LogP contribution in [0.5, 0.6) is 11.5 Å². The van der Waals surface area contributed by atoms with E-state index in [0.29, 0.717) is 22.6 Å². The first-order valence-electron chi connectivity index (χ1n) is 17.5. The summed E-state index contributed by atoms with van der Waals surface area (Å²) in [6.07, 6.45) is -1.86. The van der Waals surface area contributed by atoms with Crippen LogP contribution in [0.1, 0.15) is 52.6 Å². The molecule has 0 bridgehead atoms. The SMILES string of the molecule is C=C(C)C(=O)OC(COC(=O)c1ccc(N(C)C)cc1)COc1ccc(C(C)(C)c2ccc(OCC(O)COC(=O)c3ccc(N(C)C)cc3)cc2)cc1. The van der Waals surface area contributed by atoms with Crippen molar-refractivity contribution in [2.75, 3.05) is 64.4 Å². The Balaban J connectivity index is 1.28. The van der Waals surface area contributed by atoms with Gasteiger partial charge in [-0.15, -0.1) is 0 Å². The zero-order valence-electron chi connectivity index (χ0n) is 32.0. The monoisotopic (exact) mass is 738 g/mol. The van der Waals surface area contributed by atoms with Crippen LogP contribution in [-0.2, 0) is 24.4 Å². The molecule has 4 rings (SSSR count). The van der Waals surface area contributed by atoms with Crippen molar-refractivity contribution in [1.29, 1.82) is 0 Å². The number of carbonyl (C=O) groups is 3. The van der Waals surface area contributed by atoms with Crippen LogP contribution in [0.2, 0.25) is 0 Å². The van der Waals surface area contributed by atoms with Gasteiger partial charge < -0.3 is 38.6 Å². The van der Waals surface area contributed by atoms with E-state index in [-0.39, 0.29) is 37.4 Å². The van der Waals surface area contributed by atoms with E-state index in [0.717, 1.165) is 22.5 Å². The fourth-order valence-electron chi connectivity index (χ4n) is 5.20. The lowest BCUT2D eigenvalue weighted by Crippen LogP contribution is -2.31. The normalized spacial score (nSPS) is 12.1. The maximum Gasteiger partial charge on any atom is 0.338 e. The summed E-state index contributed by atoms with van der Waals surface area (Å²) in [5.74, 6) is -0.548. The number of nitrogens with zero attached hydrogens (tertiary/aromatic N) is 2. The molecule has 4 aromatic rings. The molecule has 286 valence electrons. The lowest BCUT2D eigenvalue weighted by molar-refractivity contribution is -0.148. The number of esters is 3. The van der Waals surface area contributed by atoms with E-state index >= 15 is 0 Å². The smallest absolute Gasteiger partial charge is 0.338 e. The predicted molar refractivity (Wildman–Crippen MR) is 209 cm³/mol. The van der Waals surface area contributed by atoms with Crippen molar-refractivity contribution in [2.45, 2.75) is 38.4 Å². The molecule has 54 heavy (non-hydrogen) atoms. The number of aliphatic hydroxyl groups excluding tert-OH is 1. The standard InChI is InChI=1S/C43H50N2O9/c1-29(2)40(47)54-39(28-53-42(49)31-11-19-35(20-12-31)45(7)8)27-51-38-23-15-33(16-24-38)43(3,4)32-13-21-37(22-14-32)50-25-36(46)26-52-41(48)30-9-17-34(18-10-30)44(5)6/h9-24,36,39,46H,1,25-28H2,2-8H3. The molecule has 11 heteroatoms. The Hall–Kier alpha value is -5.81. The minimum Gasteiger partial charge on any atom is -0.491 e. The van der Waals surface area contributed by atoms with E-state index in [1.807, 2.05) is 111 Å². The Kier molecular flexibility index (Phi) is 14.3. The van der Waals surface area contributed by atoms with E-state index in [1.54, 1.807) is 31.2 Å². The molecule has 4 aromatic carbocycles. The first-order chi connectivity index (χ1) is 25.6. The number of ether oxygens (including phenoxy) is 5. The molecule has 11 nitrogen and oxygen atoms in total. The summed E-state index contributed by atoms with van der Waals surface area (Å²) in [4.78, 5) is 41.2. The van der Waals surface area contributed by atoms with Crippen molar-refractivity contribution in [2.24, 2.45) is 0 Å².